The van der Waals surface area contributed by atoms with E-state index in [4.69, 9.17) is 10.5 Å². The standard InChI is InChI=1S/C30H37N5O4/c1-21-26(29(31)37)19-27(35(21)14-13-22-5-11-25(39-4)12-6-22)28(36)20-33-15-17-34(18-16-33)30(38)23-7-9-24(10-8-23)32(2)3/h5-12,19H,13-18,20H2,1-4H3,(H2,31,37). The highest BCUT2D eigenvalue weighted by Crippen LogP contribution is 2.20. The van der Waals surface area contributed by atoms with Gasteiger partial charge in [0.25, 0.3) is 11.8 Å². The Balaban J connectivity index is 1.39. The summed E-state index contributed by atoms with van der Waals surface area (Å²) in [6.45, 7) is 4.87. The van der Waals surface area contributed by atoms with Crippen molar-refractivity contribution in [3.05, 3.63) is 82.7 Å². The van der Waals surface area contributed by atoms with Crippen molar-refractivity contribution in [3.63, 3.8) is 0 Å². The molecule has 1 aromatic heterocycles. The third-order valence-electron chi connectivity index (χ3n) is 7.36. The summed E-state index contributed by atoms with van der Waals surface area (Å²) < 4.78 is 7.12. The van der Waals surface area contributed by atoms with Crippen molar-refractivity contribution in [2.75, 3.05) is 58.8 Å². The van der Waals surface area contributed by atoms with Crippen molar-refractivity contribution >= 4 is 23.3 Å². The number of primary amides is 1. The number of carbonyl (C=O) groups excluding carboxylic acids is 3. The minimum Gasteiger partial charge on any atom is -0.497 e. The van der Waals surface area contributed by atoms with Crippen LogP contribution < -0.4 is 15.4 Å². The lowest BCUT2D eigenvalue weighted by atomic mass is 10.1. The Labute approximate surface area is 229 Å². The number of aryl methyl sites for hydroxylation is 1. The molecule has 2 aromatic carbocycles. The molecule has 0 spiro atoms. The lowest BCUT2D eigenvalue weighted by molar-refractivity contribution is 0.0623. The number of benzene rings is 2. The normalized spacial score (nSPS) is 13.8. The molecule has 2 N–H and O–H groups in total. The van der Waals surface area contributed by atoms with E-state index in [2.05, 4.69) is 4.90 Å². The third kappa shape index (κ3) is 6.49. The van der Waals surface area contributed by atoms with E-state index in [0.29, 0.717) is 61.7 Å². The molecule has 1 aliphatic rings. The number of nitrogens with zero attached hydrogens (tertiary/aromatic N) is 4. The highest BCUT2D eigenvalue weighted by atomic mass is 16.5. The monoisotopic (exact) mass is 531 g/mol. The lowest BCUT2D eigenvalue weighted by Crippen LogP contribution is -2.50. The summed E-state index contributed by atoms with van der Waals surface area (Å²) in [6.07, 6.45) is 0.689. The van der Waals surface area contributed by atoms with Gasteiger partial charge in [-0.25, -0.2) is 0 Å². The van der Waals surface area contributed by atoms with Gasteiger partial charge in [0.05, 0.1) is 24.9 Å². The largest absolute Gasteiger partial charge is 0.497 e. The molecule has 0 saturated carbocycles. The molecule has 39 heavy (non-hydrogen) atoms. The van der Waals surface area contributed by atoms with Crippen LogP contribution in [0.25, 0.3) is 0 Å². The topological polar surface area (TPSA) is 101 Å². The molecule has 1 fully saturated rings. The minimum absolute atomic E-state index is 0.000385. The summed E-state index contributed by atoms with van der Waals surface area (Å²) in [5, 5.41) is 0. The van der Waals surface area contributed by atoms with E-state index in [9.17, 15) is 14.4 Å². The van der Waals surface area contributed by atoms with Gasteiger partial charge in [0.15, 0.2) is 5.78 Å². The quantitative estimate of drug-likeness (QED) is 0.404. The number of hydrogen-bond acceptors (Lipinski definition) is 6. The van der Waals surface area contributed by atoms with E-state index in [1.807, 2.05) is 83.9 Å². The molecule has 0 bridgehead atoms. The smallest absolute Gasteiger partial charge is 0.253 e. The molecule has 2 heterocycles. The van der Waals surface area contributed by atoms with E-state index in [1.54, 1.807) is 13.2 Å². The first-order valence-electron chi connectivity index (χ1n) is 13.1. The Bertz CT molecular complexity index is 1320. The molecule has 3 aromatic rings. The summed E-state index contributed by atoms with van der Waals surface area (Å²) in [6, 6.07) is 17.0. The number of ketones is 1. The predicted octanol–water partition coefficient (Wildman–Crippen LogP) is 2.85. The van der Waals surface area contributed by atoms with E-state index in [0.717, 1.165) is 17.0 Å². The Hall–Kier alpha value is -4.11. The SMILES string of the molecule is COc1ccc(CCn2c(C(=O)CN3CCN(C(=O)c4ccc(N(C)C)cc4)CC3)cc(C(N)=O)c2C)cc1. The molecule has 206 valence electrons. The number of piperazine rings is 1. The van der Waals surface area contributed by atoms with Crippen LogP contribution >= 0.6 is 0 Å². The zero-order valence-corrected chi connectivity index (χ0v) is 23.1. The number of methoxy groups -OCH3 is 1. The average Bonchev–Trinajstić information content (AvgIpc) is 3.28. The second-order valence-corrected chi connectivity index (χ2v) is 10.1. The summed E-state index contributed by atoms with van der Waals surface area (Å²) >= 11 is 0. The zero-order chi connectivity index (χ0) is 28.1. The van der Waals surface area contributed by atoms with Crippen LogP contribution in [0.3, 0.4) is 0 Å². The highest BCUT2D eigenvalue weighted by molar-refractivity contribution is 6.01. The number of carbonyl (C=O) groups is 3. The number of rotatable bonds is 10. The Morgan fingerprint density at radius 3 is 2.15 bits per heavy atom. The van der Waals surface area contributed by atoms with Gasteiger partial charge < -0.3 is 24.8 Å². The van der Waals surface area contributed by atoms with Crippen molar-refractivity contribution in [1.29, 1.82) is 0 Å². The van der Waals surface area contributed by atoms with Crippen LogP contribution in [-0.4, -0.2) is 85.9 Å². The van der Waals surface area contributed by atoms with Crippen molar-refractivity contribution in [3.8, 4) is 5.75 Å². The lowest BCUT2D eigenvalue weighted by Gasteiger charge is -2.34. The number of anilines is 1. The maximum absolute atomic E-state index is 13.4. The van der Waals surface area contributed by atoms with Crippen LogP contribution in [0.4, 0.5) is 5.69 Å². The highest BCUT2D eigenvalue weighted by Gasteiger charge is 2.26. The molecule has 9 nitrogen and oxygen atoms in total. The molecule has 9 heteroatoms. The molecule has 0 aliphatic carbocycles. The second kappa shape index (κ2) is 12.2. The van der Waals surface area contributed by atoms with Gasteiger partial charge in [-0.2, -0.15) is 0 Å². The van der Waals surface area contributed by atoms with Gasteiger partial charge in [0.2, 0.25) is 0 Å². The van der Waals surface area contributed by atoms with Crippen LogP contribution in [0.1, 0.15) is 42.5 Å². The van der Waals surface area contributed by atoms with E-state index < -0.39 is 5.91 Å². The fourth-order valence-corrected chi connectivity index (χ4v) is 4.92. The molecule has 0 atom stereocenters. The van der Waals surface area contributed by atoms with Crippen molar-refractivity contribution in [2.45, 2.75) is 19.9 Å². The Morgan fingerprint density at radius 1 is 0.949 bits per heavy atom. The minimum atomic E-state index is -0.546. The first-order valence-corrected chi connectivity index (χ1v) is 13.1. The number of aromatic nitrogens is 1. The molecular weight excluding hydrogens is 494 g/mol. The van der Waals surface area contributed by atoms with Gasteiger partial charge in [0, 0.05) is 63.8 Å². The van der Waals surface area contributed by atoms with E-state index in [-0.39, 0.29) is 18.2 Å². The van der Waals surface area contributed by atoms with Gasteiger partial charge in [-0.1, -0.05) is 12.1 Å². The van der Waals surface area contributed by atoms with Crippen LogP contribution in [-0.2, 0) is 13.0 Å². The van der Waals surface area contributed by atoms with E-state index in [1.165, 1.54) is 0 Å². The molecule has 0 radical (unpaired) electrons. The van der Waals surface area contributed by atoms with Crippen molar-refractivity contribution < 1.29 is 19.1 Å². The van der Waals surface area contributed by atoms with E-state index >= 15 is 0 Å². The molecule has 2 amide bonds. The number of Topliss-reactive ketones (excluding diaryl/α,β-unsaturated/α-hetero) is 1. The third-order valence-corrected chi connectivity index (χ3v) is 7.36. The van der Waals surface area contributed by atoms with Crippen molar-refractivity contribution in [2.24, 2.45) is 5.73 Å². The molecule has 4 rings (SSSR count). The zero-order valence-electron chi connectivity index (χ0n) is 23.1. The first kappa shape index (κ1) is 27.9. The Morgan fingerprint density at radius 2 is 1.59 bits per heavy atom. The first-order chi connectivity index (χ1) is 18.7. The molecular formula is C30H37N5O4. The molecule has 0 unspecified atom stereocenters. The summed E-state index contributed by atoms with van der Waals surface area (Å²) in [5.74, 6) is 0.169. The number of amides is 2. The van der Waals surface area contributed by atoms with Gasteiger partial charge >= 0.3 is 0 Å². The maximum atomic E-state index is 13.4. The molecule has 1 aliphatic heterocycles. The number of nitrogens with two attached hydrogens (primary N) is 1. The maximum Gasteiger partial charge on any atom is 0.253 e. The summed E-state index contributed by atoms with van der Waals surface area (Å²) in [5.41, 5.74) is 9.94. The second-order valence-electron chi connectivity index (χ2n) is 10.1. The van der Waals surface area contributed by atoms with Crippen LogP contribution in [0.5, 0.6) is 5.75 Å². The van der Waals surface area contributed by atoms with Crippen molar-refractivity contribution in [1.82, 2.24) is 14.4 Å². The van der Waals surface area contributed by atoms with Gasteiger partial charge in [-0.05, 0) is 61.4 Å². The predicted molar refractivity (Wildman–Crippen MR) is 152 cm³/mol. The fourth-order valence-electron chi connectivity index (χ4n) is 4.92. The van der Waals surface area contributed by atoms with Crippen LogP contribution in [0.2, 0.25) is 0 Å². The fraction of sp³-hybridized carbons (Fsp3) is 0.367. The average molecular weight is 532 g/mol. The van der Waals surface area contributed by atoms with Gasteiger partial charge in [0.1, 0.15) is 5.75 Å². The number of ether oxygens (including phenoxy) is 1. The van der Waals surface area contributed by atoms with Gasteiger partial charge in [-0.3, -0.25) is 19.3 Å². The number of hydrogen-bond donors (Lipinski definition) is 1. The van der Waals surface area contributed by atoms with Crippen LogP contribution in [0.15, 0.2) is 54.6 Å². The summed E-state index contributed by atoms with van der Waals surface area (Å²) in [7, 11) is 5.56. The van der Waals surface area contributed by atoms with Gasteiger partial charge in [-0.15, -0.1) is 0 Å². The van der Waals surface area contributed by atoms with Crippen LogP contribution in [0, 0.1) is 6.92 Å². The Kier molecular flexibility index (Phi) is 8.71. The molecule has 1 saturated heterocycles. The summed E-state index contributed by atoms with van der Waals surface area (Å²) in [4.78, 5) is 44.3.